The van der Waals surface area contributed by atoms with E-state index in [1.165, 1.54) is 5.56 Å². The summed E-state index contributed by atoms with van der Waals surface area (Å²) in [5.74, 6) is 0.269. The number of phenolic OH excluding ortho intramolecular Hbond substituents is 1. The molecule has 1 atom stereocenters. The number of halogens is 2. The molecule has 0 aliphatic carbocycles. The predicted octanol–water partition coefficient (Wildman–Crippen LogP) is 3.05. The third kappa shape index (κ3) is 3.26. The summed E-state index contributed by atoms with van der Waals surface area (Å²) in [6.45, 7) is 6.51. The third-order valence-electron chi connectivity index (χ3n) is 3.43. The first-order valence-electron chi connectivity index (χ1n) is 6.07. The summed E-state index contributed by atoms with van der Waals surface area (Å²) in [6.07, 6.45) is 0. The maximum absolute atomic E-state index is 9.71. The molecular weight excluding hydrogens is 360 g/mol. The van der Waals surface area contributed by atoms with Crippen LogP contribution in [0.4, 0.5) is 0 Å². The fourth-order valence-electron chi connectivity index (χ4n) is 2.36. The van der Waals surface area contributed by atoms with Gasteiger partial charge in [-0.25, -0.2) is 0 Å². The van der Waals surface area contributed by atoms with Gasteiger partial charge in [-0.15, -0.1) is 0 Å². The van der Waals surface area contributed by atoms with Gasteiger partial charge in [0.15, 0.2) is 0 Å². The molecule has 0 bridgehead atoms. The van der Waals surface area contributed by atoms with Crippen LogP contribution in [0.25, 0.3) is 0 Å². The minimum atomic E-state index is 0.269. The summed E-state index contributed by atoms with van der Waals surface area (Å²) in [5, 5.41) is 9.71. The molecule has 0 amide bonds. The lowest BCUT2D eigenvalue weighted by Crippen LogP contribution is -2.49. The van der Waals surface area contributed by atoms with E-state index in [4.69, 9.17) is 0 Å². The standard InChI is InChI=1S/C13H18Br2N2O/c1-9-7-16(2)3-4-17(9)8-10-5-11(14)13(18)12(15)6-10/h5-6,9,18H,3-4,7-8H2,1-2H3. The lowest BCUT2D eigenvalue weighted by molar-refractivity contribution is 0.0938. The Kier molecular flexibility index (Phi) is 4.69. The fourth-order valence-corrected chi connectivity index (χ4v) is 3.64. The highest BCUT2D eigenvalue weighted by atomic mass is 79.9. The molecule has 1 aromatic carbocycles. The molecule has 3 nitrogen and oxygen atoms in total. The number of nitrogens with zero attached hydrogens (tertiary/aromatic N) is 2. The molecule has 0 radical (unpaired) electrons. The van der Waals surface area contributed by atoms with Crippen LogP contribution in [0.1, 0.15) is 12.5 Å². The van der Waals surface area contributed by atoms with Gasteiger partial charge in [-0.05, 0) is 63.5 Å². The monoisotopic (exact) mass is 376 g/mol. The van der Waals surface area contributed by atoms with E-state index >= 15 is 0 Å². The highest BCUT2D eigenvalue weighted by molar-refractivity contribution is 9.11. The Morgan fingerprint density at radius 2 is 1.89 bits per heavy atom. The number of rotatable bonds is 2. The van der Waals surface area contributed by atoms with E-state index in [0.29, 0.717) is 6.04 Å². The van der Waals surface area contributed by atoms with E-state index in [1.54, 1.807) is 0 Å². The van der Waals surface area contributed by atoms with Crippen LogP contribution < -0.4 is 0 Å². The average Bonchev–Trinajstić information content (AvgIpc) is 2.29. The molecule has 1 aliphatic rings. The molecule has 100 valence electrons. The Labute approximate surface area is 125 Å². The summed E-state index contributed by atoms with van der Waals surface area (Å²) >= 11 is 6.76. The molecule has 18 heavy (non-hydrogen) atoms. The van der Waals surface area contributed by atoms with Gasteiger partial charge in [-0.3, -0.25) is 4.90 Å². The lowest BCUT2D eigenvalue weighted by atomic mass is 10.1. The Bertz CT molecular complexity index is 416. The summed E-state index contributed by atoms with van der Waals surface area (Å²) in [5.41, 5.74) is 1.21. The first kappa shape index (κ1) is 14.3. The van der Waals surface area contributed by atoms with Crippen LogP contribution in [0.2, 0.25) is 0 Å². The van der Waals surface area contributed by atoms with Gasteiger partial charge in [0, 0.05) is 32.2 Å². The van der Waals surface area contributed by atoms with Crippen molar-refractivity contribution in [3.63, 3.8) is 0 Å². The van der Waals surface area contributed by atoms with E-state index in [-0.39, 0.29) is 5.75 Å². The van der Waals surface area contributed by atoms with Gasteiger partial charge in [0.05, 0.1) is 8.95 Å². The average molecular weight is 378 g/mol. The van der Waals surface area contributed by atoms with Gasteiger partial charge < -0.3 is 10.0 Å². The molecule has 1 aromatic rings. The number of benzene rings is 1. The molecule has 0 aromatic heterocycles. The van der Waals surface area contributed by atoms with Gasteiger partial charge in [-0.2, -0.15) is 0 Å². The number of piperazine rings is 1. The molecule has 0 spiro atoms. The van der Waals surface area contributed by atoms with E-state index in [0.717, 1.165) is 35.1 Å². The third-order valence-corrected chi connectivity index (χ3v) is 4.64. The Hall–Kier alpha value is -0.100. The normalized spacial score (nSPS) is 22.3. The molecular formula is C13H18Br2N2O. The van der Waals surface area contributed by atoms with Crippen molar-refractivity contribution >= 4 is 31.9 Å². The van der Waals surface area contributed by atoms with E-state index in [9.17, 15) is 5.11 Å². The zero-order valence-corrected chi connectivity index (χ0v) is 13.8. The Morgan fingerprint density at radius 3 is 2.44 bits per heavy atom. The SMILES string of the molecule is CC1CN(C)CCN1Cc1cc(Br)c(O)c(Br)c1. The highest BCUT2D eigenvalue weighted by Gasteiger charge is 2.21. The zero-order valence-electron chi connectivity index (χ0n) is 10.7. The summed E-state index contributed by atoms with van der Waals surface area (Å²) < 4.78 is 1.49. The van der Waals surface area contributed by atoms with Crippen molar-refractivity contribution < 1.29 is 5.11 Å². The summed E-state index contributed by atoms with van der Waals surface area (Å²) in [7, 11) is 2.17. The number of hydrogen-bond donors (Lipinski definition) is 1. The number of phenols is 1. The van der Waals surface area contributed by atoms with E-state index < -0.39 is 0 Å². The second kappa shape index (κ2) is 5.90. The smallest absolute Gasteiger partial charge is 0.143 e. The molecule has 1 heterocycles. The van der Waals surface area contributed by atoms with Gasteiger partial charge in [0.1, 0.15) is 5.75 Å². The van der Waals surface area contributed by atoms with Gasteiger partial charge in [0.2, 0.25) is 0 Å². The van der Waals surface area contributed by atoms with Gasteiger partial charge in [0.25, 0.3) is 0 Å². The van der Waals surface area contributed by atoms with Crippen LogP contribution in [-0.4, -0.2) is 47.6 Å². The lowest BCUT2D eigenvalue weighted by Gasteiger charge is -2.38. The first-order valence-corrected chi connectivity index (χ1v) is 7.65. The number of hydrogen-bond acceptors (Lipinski definition) is 3. The highest BCUT2D eigenvalue weighted by Crippen LogP contribution is 2.33. The summed E-state index contributed by atoms with van der Waals surface area (Å²) in [4.78, 5) is 4.84. The van der Waals surface area contributed by atoms with Crippen LogP contribution in [0.15, 0.2) is 21.1 Å². The van der Waals surface area contributed by atoms with Crippen molar-refractivity contribution in [3.8, 4) is 5.75 Å². The number of aromatic hydroxyl groups is 1. The van der Waals surface area contributed by atoms with Gasteiger partial charge in [-0.1, -0.05) is 0 Å². The second-order valence-electron chi connectivity index (χ2n) is 4.99. The van der Waals surface area contributed by atoms with Crippen molar-refractivity contribution in [2.24, 2.45) is 0 Å². The van der Waals surface area contributed by atoms with Crippen LogP contribution in [0, 0.1) is 0 Å². The molecule has 1 aliphatic heterocycles. The Balaban J connectivity index is 2.10. The topological polar surface area (TPSA) is 26.7 Å². The molecule has 1 saturated heterocycles. The molecule has 0 saturated carbocycles. The van der Waals surface area contributed by atoms with Crippen molar-refractivity contribution in [1.29, 1.82) is 0 Å². The molecule has 1 unspecified atom stereocenters. The second-order valence-corrected chi connectivity index (χ2v) is 6.70. The minimum absolute atomic E-state index is 0.269. The van der Waals surface area contributed by atoms with E-state index in [1.807, 2.05) is 12.1 Å². The van der Waals surface area contributed by atoms with Crippen LogP contribution in [0.3, 0.4) is 0 Å². The quantitative estimate of drug-likeness (QED) is 0.857. The molecule has 5 heteroatoms. The maximum Gasteiger partial charge on any atom is 0.143 e. The largest absolute Gasteiger partial charge is 0.506 e. The predicted molar refractivity (Wildman–Crippen MR) is 80.9 cm³/mol. The van der Waals surface area contributed by atoms with Crippen molar-refractivity contribution in [3.05, 3.63) is 26.6 Å². The Morgan fingerprint density at radius 1 is 1.28 bits per heavy atom. The molecule has 2 rings (SSSR count). The minimum Gasteiger partial charge on any atom is -0.506 e. The van der Waals surface area contributed by atoms with Crippen LogP contribution in [-0.2, 0) is 6.54 Å². The first-order chi connectivity index (χ1) is 8.47. The zero-order chi connectivity index (χ0) is 13.3. The molecule has 1 N–H and O–H groups in total. The van der Waals surface area contributed by atoms with Gasteiger partial charge >= 0.3 is 0 Å². The fraction of sp³-hybridized carbons (Fsp3) is 0.538. The van der Waals surface area contributed by atoms with Crippen LogP contribution in [0.5, 0.6) is 5.75 Å². The van der Waals surface area contributed by atoms with Crippen molar-refractivity contribution in [2.75, 3.05) is 26.7 Å². The maximum atomic E-state index is 9.71. The number of likely N-dealkylation sites (N-methyl/N-ethyl adjacent to an activating group) is 1. The molecule has 1 fully saturated rings. The van der Waals surface area contributed by atoms with E-state index in [2.05, 4.69) is 55.6 Å². The summed E-state index contributed by atoms with van der Waals surface area (Å²) in [6, 6.07) is 4.55. The van der Waals surface area contributed by atoms with Crippen molar-refractivity contribution in [2.45, 2.75) is 19.5 Å². The van der Waals surface area contributed by atoms with Crippen molar-refractivity contribution in [1.82, 2.24) is 9.80 Å². The van der Waals surface area contributed by atoms with Crippen LogP contribution >= 0.6 is 31.9 Å².